The van der Waals surface area contributed by atoms with E-state index in [2.05, 4.69) is 15.4 Å². The average molecular weight is 350 g/mol. The van der Waals surface area contributed by atoms with Crippen LogP contribution in [0.1, 0.15) is 21.7 Å². The Bertz CT molecular complexity index is 912. The number of anilines is 2. The minimum atomic E-state index is -0.352. The summed E-state index contributed by atoms with van der Waals surface area (Å²) < 4.78 is 1.62. The lowest BCUT2D eigenvalue weighted by molar-refractivity contribution is 0.102. The van der Waals surface area contributed by atoms with Crippen LogP contribution in [-0.4, -0.2) is 20.5 Å². The molecule has 0 aliphatic rings. The van der Waals surface area contributed by atoms with Crippen LogP contribution in [0.25, 0.3) is 5.65 Å². The van der Waals surface area contributed by atoms with Gasteiger partial charge < -0.3 is 11.1 Å². The van der Waals surface area contributed by atoms with Gasteiger partial charge in [0.15, 0.2) is 5.65 Å². The molecule has 3 aromatic rings. The van der Waals surface area contributed by atoms with Crippen molar-refractivity contribution in [3.8, 4) is 0 Å². The molecule has 0 radical (unpaired) electrons. The van der Waals surface area contributed by atoms with Crippen LogP contribution in [0.3, 0.4) is 0 Å². The van der Waals surface area contributed by atoms with Gasteiger partial charge in [-0.3, -0.25) is 4.79 Å². The van der Waals surface area contributed by atoms with Crippen molar-refractivity contribution >= 4 is 46.1 Å². The second-order valence-corrected chi connectivity index (χ2v) is 5.95. The third-order valence-electron chi connectivity index (χ3n) is 3.36. The molecule has 23 heavy (non-hydrogen) atoms. The SMILES string of the molecule is Cc1cc(C)n2ncc(C(=O)Nc3cc(Cl)c(N)c(Cl)c3)c2n1. The number of hydrogen-bond donors (Lipinski definition) is 2. The van der Waals surface area contributed by atoms with Crippen LogP contribution in [-0.2, 0) is 0 Å². The van der Waals surface area contributed by atoms with Crippen LogP contribution in [0.2, 0.25) is 10.0 Å². The summed E-state index contributed by atoms with van der Waals surface area (Å²) in [6, 6.07) is 4.97. The molecule has 3 N–H and O–H groups in total. The minimum absolute atomic E-state index is 0.273. The predicted molar refractivity (Wildman–Crippen MR) is 91.3 cm³/mol. The van der Waals surface area contributed by atoms with Crippen LogP contribution in [0.5, 0.6) is 0 Å². The zero-order valence-electron chi connectivity index (χ0n) is 12.4. The fourth-order valence-electron chi connectivity index (χ4n) is 2.29. The molecule has 1 amide bonds. The number of carbonyl (C=O) groups is 1. The van der Waals surface area contributed by atoms with E-state index in [1.807, 2.05) is 19.9 Å². The van der Waals surface area contributed by atoms with Crippen LogP contribution >= 0.6 is 23.2 Å². The van der Waals surface area contributed by atoms with Crippen LogP contribution in [0.4, 0.5) is 11.4 Å². The number of halogens is 2. The molecule has 0 saturated carbocycles. The van der Waals surface area contributed by atoms with Crippen molar-refractivity contribution in [2.45, 2.75) is 13.8 Å². The molecule has 6 nitrogen and oxygen atoms in total. The van der Waals surface area contributed by atoms with Gasteiger partial charge in [0.1, 0.15) is 5.56 Å². The number of carbonyl (C=O) groups excluding carboxylic acids is 1. The molecular formula is C15H13Cl2N5O. The summed E-state index contributed by atoms with van der Waals surface area (Å²) in [6.45, 7) is 3.76. The first kappa shape index (κ1) is 15.6. The molecule has 118 valence electrons. The Balaban J connectivity index is 1.98. The highest BCUT2D eigenvalue weighted by atomic mass is 35.5. The molecule has 0 aliphatic heterocycles. The Labute approximate surface area is 142 Å². The molecule has 8 heteroatoms. The second-order valence-electron chi connectivity index (χ2n) is 5.14. The lowest BCUT2D eigenvalue weighted by atomic mass is 10.2. The van der Waals surface area contributed by atoms with Gasteiger partial charge in [0.05, 0.1) is 21.9 Å². The van der Waals surface area contributed by atoms with Crippen LogP contribution in [0.15, 0.2) is 24.4 Å². The topological polar surface area (TPSA) is 85.3 Å². The van der Waals surface area contributed by atoms with Crippen molar-refractivity contribution in [3.63, 3.8) is 0 Å². The number of nitrogens with zero attached hydrogens (tertiary/aromatic N) is 3. The Morgan fingerprint density at radius 2 is 1.87 bits per heavy atom. The predicted octanol–water partition coefficient (Wildman–Crippen LogP) is 3.49. The zero-order chi connectivity index (χ0) is 16.7. The zero-order valence-corrected chi connectivity index (χ0v) is 13.9. The highest BCUT2D eigenvalue weighted by Crippen LogP contribution is 2.31. The van der Waals surface area contributed by atoms with Crippen molar-refractivity contribution in [1.29, 1.82) is 0 Å². The molecular weight excluding hydrogens is 337 g/mol. The molecule has 0 spiro atoms. The quantitative estimate of drug-likeness (QED) is 0.693. The Kier molecular flexibility index (Phi) is 3.87. The molecule has 0 bridgehead atoms. The van der Waals surface area contributed by atoms with E-state index in [-0.39, 0.29) is 21.6 Å². The van der Waals surface area contributed by atoms with E-state index in [9.17, 15) is 4.79 Å². The van der Waals surface area contributed by atoms with E-state index in [4.69, 9.17) is 28.9 Å². The summed E-state index contributed by atoms with van der Waals surface area (Å²) in [5, 5.41) is 7.47. The van der Waals surface area contributed by atoms with Crippen molar-refractivity contribution in [2.24, 2.45) is 0 Å². The number of rotatable bonds is 2. The third kappa shape index (κ3) is 2.83. The number of fused-ring (bicyclic) bond motifs is 1. The van der Waals surface area contributed by atoms with E-state index < -0.39 is 0 Å². The number of nitrogens with two attached hydrogens (primary N) is 1. The normalized spacial score (nSPS) is 11.0. The number of aryl methyl sites for hydroxylation is 2. The van der Waals surface area contributed by atoms with E-state index >= 15 is 0 Å². The fraction of sp³-hybridized carbons (Fsp3) is 0.133. The number of hydrogen-bond acceptors (Lipinski definition) is 4. The van der Waals surface area contributed by atoms with Gasteiger partial charge in [-0.05, 0) is 32.0 Å². The lowest BCUT2D eigenvalue weighted by Gasteiger charge is -2.08. The van der Waals surface area contributed by atoms with Gasteiger partial charge in [-0.1, -0.05) is 23.2 Å². The molecule has 0 atom stereocenters. The van der Waals surface area contributed by atoms with Gasteiger partial charge in [0.2, 0.25) is 0 Å². The first-order chi connectivity index (χ1) is 10.9. The van der Waals surface area contributed by atoms with Crippen LogP contribution < -0.4 is 11.1 Å². The molecule has 0 unspecified atom stereocenters. The standard InChI is InChI=1S/C15H13Cl2N5O/c1-7-3-8(2)22-14(20-7)10(6-19-22)15(23)21-9-4-11(16)13(18)12(17)5-9/h3-6H,18H2,1-2H3,(H,21,23). The number of aromatic nitrogens is 3. The molecule has 3 rings (SSSR count). The second kappa shape index (κ2) is 5.72. The average Bonchev–Trinajstić information content (AvgIpc) is 2.88. The van der Waals surface area contributed by atoms with Gasteiger partial charge in [0, 0.05) is 17.1 Å². The summed E-state index contributed by atoms with van der Waals surface area (Å²) in [4.78, 5) is 16.9. The highest BCUT2D eigenvalue weighted by molar-refractivity contribution is 6.39. The van der Waals surface area contributed by atoms with Gasteiger partial charge in [-0.25, -0.2) is 9.50 Å². The Morgan fingerprint density at radius 3 is 2.52 bits per heavy atom. The van der Waals surface area contributed by atoms with E-state index in [1.165, 1.54) is 18.3 Å². The summed E-state index contributed by atoms with van der Waals surface area (Å²) in [7, 11) is 0. The third-order valence-corrected chi connectivity index (χ3v) is 3.98. The number of nitrogens with one attached hydrogen (secondary N) is 1. The van der Waals surface area contributed by atoms with E-state index in [0.29, 0.717) is 16.9 Å². The van der Waals surface area contributed by atoms with Gasteiger partial charge in [-0.2, -0.15) is 5.10 Å². The first-order valence-electron chi connectivity index (χ1n) is 6.74. The smallest absolute Gasteiger partial charge is 0.261 e. The Hall–Kier alpha value is -2.31. The molecule has 0 aliphatic carbocycles. The summed E-state index contributed by atoms with van der Waals surface area (Å²) >= 11 is 11.9. The maximum absolute atomic E-state index is 12.5. The maximum atomic E-state index is 12.5. The minimum Gasteiger partial charge on any atom is -0.396 e. The fourth-order valence-corrected chi connectivity index (χ4v) is 2.77. The van der Waals surface area contributed by atoms with Gasteiger partial charge in [0.25, 0.3) is 5.91 Å². The Morgan fingerprint density at radius 1 is 1.22 bits per heavy atom. The molecule has 1 aromatic carbocycles. The lowest BCUT2D eigenvalue weighted by Crippen LogP contribution is -2.12. The molecule has 0 fully saturated rings. The van der Waals surface area contributed by atoms with Crippen molar-refractivity contribution in [1.82, 2.24) is 14.6 Å². The van der Waals surface area contributed by atoms with Crippen molar-refractivity contribution < 1.29 is 4.79 Å². The van der Waals surface area contributed by atoms with E-state index in [1.54, 1.807) is 4.52 Å². The number of benzene rings is 1. The van der Waals surface area contributed by atoms with Crippen molar-refractivity contribution in [2.75, 3.05) is 11.1 Å². The van der Waals surface area contributed by atoms with Crippen molar-refractivity contribution in [3.05, 3.63) is 51.4 Å². The highest BCUT2D eigenvalue weighted by Gasteiger charge is 2.16. The van der Waals surface area contributed by atoms with Gasteiger partial charge in [-0.15, -0.1) is 0 Å². The van der Waals surface area contributed by atoms with E-state index in [0.717, 1.165) is 11.4 Å². The summed E-state index contributed by atoms with van der Waals surface area (Å²) in [5.74, 6) is -0.352. The maximum Gasteiger partial charge on any atom is 0.261 e. The first-order valence-corrected chi connectivity index (χ1v) is 7.50. The monoisotopic (exact) mass is 349 g/mol. The van der Waals surface area contributed by atoms with Crippen LogP contribution in [0, 0.1) is 13.8 Å². The number of nitrogen functional groups attached to an aromatic ring is 1. The summed E-state index contributed by atoms with van der Waals surface area (Å²) in [6.07, 6.45) is 1.48. The largest absolute Gasteiger partial charge is 0.396 e. The number of amides is 1. The molecule has 0 saturated heterocycles. The summed E-state index contributed by atoms with van der Waals surface area (Å²) in [5.41, 5.74) is 8.96. The molecule has 2 heterocycles. The van der Waals surface area contributed by atoms with Gasteiger partial charge >= 0.3 is 0 Å². The molecule has 2 aromatic heterocycles.